The molecule has 174 valence electrons. The maximum atomic E-state index is 12.5. The fourth-order valence-electron chi connectivity index (χ4n) is 3.34. The van der Waals surface area contributed by atoms with Crippen LogP contribution in [-0.2, 0) is 9.59 Å². The van der Waals surface area contributed by atoms with Gasteiger partial charge in [-0.1, -0.05) is 24.3 Å². The molecule has 0 radical (unpaired) electrons. The van der Waals surface area contributed by atoms with Crippen LogP contribution in [0.25, 0.3) is 0 Å². The highest BCUT2D eigenvalue weighted by Gasteiger charge is 2.24. The number of benzene rings is 2. The summed E-state index contributed by atoms with van der Waals surface area (Å²) >= 11 is 0. The van der Waals surface area contributed by atoms with Crippen molar-refractivity contribution in [1.29, 1.82) is 0 Å². The van der Waals surface area contributed by atoms with Crippen LogP contribution >= 0.6 is 0 Å². The van der Waals surface area contributed by atoms with E-state index in [1.807, 2.05) is 0 Å². The molecule has 0 atom stereocenters. The lowest BCUT2D eigenvalue weighted by Gasteiger charge is -2.22. The SMILES string of the molecule is O=C(COc1ccccc1[N+](=O)[O-])N1CCCN(C(=O)COc2ccccc2[N+](=O)[O-])CC1. The van der Waals surface area contributed by atoms with Crippen molar-refractivity contribution in [3.05, 3.63) is 68.8 Å². The molecule has 0 saturated carbocycles. The first-order valence-corrected chi connectivity index (χ1v) is 10.1. The van der Waals surface area contributed by atoms with Crippen LogP contribution in [-0.4, -0.2) is 70.9 Å². The highest BCUT2D eigenvalue weighted by atomic mass is 16.6. The van der Waals surface area contributed by atoms with E-state index in [2.05, 4.69) is 0 Å². The van der Waals surface area contributed by atoms with E-state index in [4.69, 9.17) is 9.47 Å². The van der Waals surface area contributed by atoms with Crippen molar-refractivity contribution in [2.24, 2.45) is 0 Å². The number of hydrogen-bond acceptors (Lipinski definition) is 8. The Hall–Kier alpha value is -4.22. The molecule has 1 fully saturated rings. The van der Waals surface area contributed by atoms with Gasteiger partial charge in [0.05, 0.1) is 9.85 Å². The smallest absolute Gasteiger partial charge is 0.310 e. The van der Waals surface area contributed by atoms with Crippen LogP contribution in [0.15, 0.2) is 48.5 Å². The summed E-state index contributed by atoms with van der Waals surface area (Å²) in [5.74, 6) is -0.679. The van der Waals surface area contributed by atoms with Crippen molar-refractivity contribution >= 4 is 23.2 Å². The lowest BCUT2D eigenvalue weighted by Crippen LogP contribution is -2.40. The number of nitro benzene ring substituents is 2. The van der Waals surface area contributed by atoms with Gasteiger partial charge in [-0.3, -0.25) is 29.8 Å². The second-order valence-electron chi connectivity index (χ2n) is 7.14. The zero-order valence-electron chi connectivity index (χ0n) is 17.6. The topological polar surface area (TPSA) is 145 Å². The van der Waals surface area contributed by atoms with Gasteiger partial charge >= 0.3 is 11.4 Å². The van der Waals surface area contributed by atoms with Crippen molar-refractivity contribution in [2.45, 2.75) is 6.42 Å². The van der Waals surface area contributed by atoms with Gasteiger partial charge in [0.15, 0.2) is 24.7 Å². The molecule has 12 nitrogen and oxygen atoms in total. The minimum atomic E-state index is -0.582. The van der Waals surface area contributed by atoms with Crippen molar-refractivity contribution in [2.75, 3.05) is 39.4 Å². The van der Waals surface area contributed by atoms with E-state index < -0.39 is 9.85 Å². The number of carbonyl (C=O) groups excluding carboxylic acids is 2. The average molecular weight is 458 g/mol. The monoisotopic (exact) mass is 458 g/mol. The van der Waals surface area contributed by atoms with E-state index in [-0.39, 0.29) is 61.0 Å². The van der Waals surface area contributed by atoms with Gasteiger partial charge in [0.1, 0.15) is 0 Å². The van der Waals surface area contributed by atoms with Gasteiger partial charge < -0.3 is 19.3 Å². The van der Waals surface area contributed by atoms with E-state index in [1.54, 1.807) is 12.1 Å². The lowest BCUT2D eigenvalue weighted by molar-refractivity contribution is -0.386. The zero-order chi connectivity index (χ0) is 23.8. The molecule has 0 aliphatic carbocycles. The highest BCUT2D eigenvalue weighted by molar-refractivity contribution is 5.79. The average Bonchev–Trinajstić information content (AvgIpc) is 3.07. The first-order valence-electron chi connectivity index (χ1n) is 10.1. The molecule has 2 aromatic rings. The fraction of sp³-hybridized carbons (Fsp3) is 0.333. The van der Waals surface area contributed by atoms with E-state index in [0.717, 1.165) is 0 Å². The minimum Gasteiger partial charge on any atom is -0.477 e. The van der Waals surface area contributed by atoms with Gasteiger partial charge in [-0.2, -0.15) is 0 Å². The summed E-state index contributed by atoms with van der Waals surface area (Å²) in [6.45, 7) is 0.591. The summed E-state index contributed by atoms with van der Waals surface area (Å²) in [6, 6.07) is 11.6. The molecule has 1 heterocycles. The first-order chi connectivity index (χ1) is 15.9. The van der Waals surface area contributed by atoms with Crippen molar-refractivity contribution in [3.63, 3.8) is 0 Å². The van der Waals surface area contributed by atoms with Gasteiger partial charge in [-0.25, -0.2) is 0 Å². The Labute approximate surface area is 188 Å². The van der Waals surface area contributed by atoms with E-state index in [1.165, 1.54) is 46.2 Å². The Balaban J connectivity index is 1.51. The van der Waals surface area contributed by atoms with Crippen molar-refractivity contribution < 1.29 is 28.9 Å². The number of ether oxygens (including phenoxy) is 2. The van der Waals surface area contributed by atoms with E-state index in [9.17, 15) is 29.8 Å². The summed E-state index contributed by atoms with van der Waals surface area (Å²) in [5.41, 5.74) is -0.451. The molecule has 1 saturated heterocycles. The van der Waals surface area contributed by atoms with E-state index >= 15 is 0 Å². The van der Waals surface area contributed by atoms with Crippen LogP contribution in [0.4, 0.5) is 11.4 Å². The Morgan fingerprint density at radius 1 is 0.727 bits per heavy atom. The molecule has 3 rings (SSSR count). The van der Waals surface area contributed by atoms with Crippen molar-refractivity contribution in [1.82, 2.24) is 9.80 Å². The predicted octanol–water partition coefficient (Wildman–Crippen LogP) is 2.02. The third kappa shape index (κ3) is 6.15. The fourth-order valence-corrected chi connectivity index (χ4v) is 3.34. The number of carbonyl (C=O) groups is 2. The van der Waals surface area contributed by atoms with Crippen LogP contribution in [0.1, 0.15) is 6.42 Å². The molecule has 0 aromatic heterocycles. The molecular formula is C21H22N4O8. The molecule has 0 spiro atoms. The largest absolute Gasteiger partial charge is 0.477 e. The van der Waals surface area contributed by atoms with Gasteiger partial charge in [-0.05, 0) is 18.6 Å². The molecule has 0 unspecified atom stereocenters. The van der Waals surface area contributed by atoms with Crippen molar-refractivity contribution in [3.8, 4) is 11.5 Å². The molecular weight excluding hydrogens is 436 g/mol. The van der Waals surface area contributed by atoms with Crippen LogP contribution in [0.2, 0.25) is 0 Å². The van der Waals surface area contributed by atoms with Crippen LogP contribution < -0.4 is 9.47 Å². The number of para-hydroxylation sites is 4. The second kappa shape index (κ2) is 10.9. The maximum Gasteiger partial charge on any atom is 0.310 e. The first kappa shape index (κ1) is 23.4. The Morgan fingerprint density at radius 2 is 1.12 bits per heavy atom. The Morgan fingerprint density at radius 3 is 1.52 bits per heavy atom. The van der Waals surface area contributed by atoms with Crippen LogP contribution in [0, 0.1) is 20.2 Å². The summed E-state index contributed by atoms with van der Waals surface area (Å²) in [4.78, 5) is 49.1. The molecule has 12 heteroatoms. The lowest BCUT2D eigenvalue weighted by atomic mass is 10.3. The van der Waals surface area contributed by atoms with Gasteiger partial charge in [0, 0.05) is 38.3 Å². The molecule has 0 N–H and O–H groups in total. The zero-order valence-corrected chi connectivity index (χ0v) is 17.6. The maximum absolute atomic E-state index is 12.5. The van der Waals surface area contributed by atoms with Gasteiger partial charge in [-0.15, -0.1) is 0 Å². The predicted molar refractivity (Wildman–Crippen MR) is 115 cm³/mol. The minimum absolute atomic E-state index is 0.00892. The molecule has 33 heavy (non-hydrogen) atoms. The number of amides is 2. The molecule has 1 aliphatic heterocycles. The van der Waals surface area contributed by atoms with Crippen LogP contribution in [0.3, 0.4) is 0 Å². The Kier molecular flexibility index (Phi) is 7.73. The highest BCUT2D eigenvalue weighted by Crippen LogP contribution is 2.26. The summed E-state index contributed by atoms with van der Waals surface area (Å²) in [7, 11) is 0. The quantitative estimate of drug-likeness (QED) is 0.431. The number of hydrogen-bond donors (Lipinski definition) is 0. The molecule has 1 aliphatic rings. The summed E-state index contributed by atoms with van der Waals surface area (Å²) in [6.07, 6.45) is 0.522. The normalized spacial score (nSPS) is 13.7. The molecule has 2 amide bonds. The molecule has 0 bridgehead atoms. The third-order valence-electron chi connectivity index (χ3n) is 5.03. The second-order valence-corrected chi connectivity index (χ2v) is 7.14. The number of nitrogens with zero attached hydrogens (tertiary/aromatic N) is 4. The number of nitro groups is 2. The molecule has 2 aromatic carbocycles. The number of rotatable bonds is 8. The third-order valence-corrected chi connectivity index (χ3v) is 5.03. The Bertz CT molecular complexity index is 963. The standard InChI is InChI=1S/C21H22N4O8/c26-20(14-32-18-8-3-1-6-16(18)24(28)29)22-10-5-11-23(13-12-22)21(27)15-33-19-9-4-2-7-17(19)25(30)31/h1-4,6-9H,5,10-15H2. The van der Waals surface area contributed by atoms with Gasteiger partial charge in [0.2, 0.25) is 0 Å². The van der Waals surface area contributed by atoms with Crippen LogP contribution in [0.5, 0.6) is 11.5 Å². The van der Waals surface area contributed by atoms with Gasteiger partial charge in [0.25, 0.3) is 11.8 Å². The van der Waals surface area contributed by atoms with E-state index in [0.29, 0.717) is 19.5 Å². The summed E-state index contributed by atoms with van der Waals surface area (Å²) in [5, 5.41) is 22.1. The summed E-state index contributed by atoms with van der Waals surface area (Å²) < 4.78 is 10.7.